The Morgan fingerprint density at radius 3 is 2.84 bits per heavy atom. The second-order valence-corrected chi connectivity index (χ2v) is 7.55. The van der Waals surface area contributed by atoms with Crippen molar-refractivity contribution in [3.63, 3.8) is 0 Å². The molecule has 0 bridgehead atoms. The predicted octanol–water partition coefficient (Wildman–Crippen LogP) is 5.44. The summed E-state index contributed by atoms with van der Waals surface area (Å²) in [5.41, 5.74) is 3.22. The number of carbonyl (C=O) groups excluding carboxylic acids is 1. The maximum Gasteiger partial charge on any atom is 0.343 e. The Labute approximate surface area is 187 Å². The number of halogens is 1. The van der Waals surface area contributed by atoms with E-state index < -0.39 is 5.97 Å². The van der Waals surface area contributed by atoms with Crippen LogP contribution in [0.5, 0.6) is 0 Å². The van der Waals surface area contributed by atoms with Crippen molar-refractivity contribution in [1.82, 2.24) is 19.7 Å². The molecule has 0 unspecified atom stereocenters. The van der Waals surface area contributed by atoms with Gasteiger partial charge in [0.05, 0.1) is 18.3 Å². The van der Waals surface area contributed by atoms with E-state index in [0.717, 1.165) is 16.5 Å². The van der Waals surface area contributed by atoms with Gasteiger partial charge in [-0.25, -0.2) is 9.78 Å². The first-order valence-electron chi connectivity index (χ1n) is 9.98. The third-order valence-corrected chi connectivity index (χ3v) is 5.20. The highest BCUT2D eigenvalue weighted by Gasteiger charge is 2.22. The summed E-state index contributed by atoms with van der Waals surface area (Å²) in [5, 5.41) is 9.06. The van der Waals surface area contributed by atoms with E-state index in [9.17, 15) is 4.79 Å². The molecule has 0 atom stereocenters. The monoisotopic (exact) mass is 447 g/mol. The fourth-order valence-corrected chi connectivity index (χ4v) is 3.66. The second kappa shape index (κ2) is 7.97. The van der Waals surface area contributed by atoms with Gasteiger partial charge < -0.3 is 9.15 Å². The zero-order valence-electron chi connectivity index (χ0n) is 17.3. The van der Waals surface area contributed by atoms with E-state index in [1.807, 2.05) is 37.3 Å². The molecule has 2 aromatic carbocycles. The van der Waals surface area contributed by atoms with Gasteiger partial charge in [-0.3, -0.25) is 5.32 Å². The van der Waals surface area contributed by atoms with Crippen molar-refractivity contribution in [2.45, 2.75) is 13.8 Å². The molecule has 0 amide bonds. The van der Waals surface area contributed by atoms with Gasteiger partial charge in [0.15, 0.2) is 17.2 Å². The minimum atomic E-state index is -0.516. The van der Waals surface area contributed by atoms with Crippen LogP contribution in [0, 0.1) is 6.92 Å². The van der Waals surface area contributed by atoms with Crippen LogP contribution in [-0.2, 0) is 4.74 Å². The van der Waals surface area contributed by atoms with Crippen LogP contribution in [0.25, 0.3) is 27.8 Å². The van der Waals surface area contributed by atoms with Crippen molar-refractivity contribution in [3.8, 4) is 5.82 Å². The smallest absolute Gasteiger partial charge is 0.343 e. The number of para-hydroxylation sites is 1. The Bertz CT molecular complexity index is 1470. The molecule has 0 spiro atoms. The van der Waals surface area contributed by atoms with Gasteiger partial charge in [0.2, 0.25) is 0 Å². The van der Waals surface area contributed by atoms with Crippen LogP contribution in [0.3, 0.4) is 0 Å². The molecule has 0 saturated carbocycles. The van der Waals surface area contributed by atoms with Crippen LogP contribution < -0.4 is 5.32 Å². The summed E-state index contributed by atoms with van der Waals surface area (Å²) in [6.45, 7) is 3.98. The molecule has 160 valence electrons. The Balaban J connectivity index is 1.64. The maximum absolute atomic E-state index is 12.6. The number of benzene rings is 2. The van der Waals surface area contributed by atoms with Crippen LogP contribution in [0.2, 0.25) is 5.02 Å². The van der Waals surface area contributed by atoms with Crippen molar-refractivity contribution < 1.29 is 13.9 Å². The third kappa shape index (κ3) is 3.54. The number of nitrogens with one attached hydrogen (secondary N) is 1. The third-order valence-electron chi connectivity index (χ3n) is 4.97. The largest absolute Gasteiger partial charge is 0.462 e. The van der Waals surface area contributed by atoms with Crippen molar-refractivity contribution in [2.75, 3.05) is 11.9 Å². The highest BCUT2D eigenvalue weighted by Crippen LogP contribution is 2.29. The van der Waals surface area contributed by atoms with Crippen LogP contribution >= 0.6 is 11.6 Å². The van der Waals surface area contributed by atoms with Gasteiger partial charge in [0.1, 0.15) is 11.1 Å². The minimum absolute atomic E-state index is 0.187. The van der Waals surface area contributed by atoms with E-state index in [4.69, 9.17) is 25.7 Å². The lowest BCUT2D eigenvalue weighted by Gasteiger charge is -2.11. The summed E-state index contributed by atoms with van der Waals surface area (Å²) in [6, 6.07) is 15.1. The molecular weight excluding hydrogens is 430 g/mol. The molecule has 32 heavy (non-hydrogen) atoms. The van der Waals surface area contributed by atoms with E-state index in [1.54, 1.807) is 25.1 Å². The number of ether oxygens (including phenoxy) is 1. The fourth-order valence-electron chi connectivity index (χ4n) is 3.50. The molecule has 3 aromatic heterocycles. The lowest BCUT2D eigenvalue weighted by atomic mass is 10.1. The molecule has 3 heterocycles. The molecule has 0 radical (unpaired) electrons. The first-order chi connectivity index (χ1) is 15.5. The van der Waals surface area contributed by atoms with Crippen LogP contribution in [-0.4, -0.2) is 32.3 Å². The van der Waals surface area contributed by atoms with Gasteiger partial charge in [0.25, 0.3) is 0 Å². The number of anilines is 2. The molecular formula is C23H18ClN5O3. The molecule has 8 nitrogen and oxygen atoms in total. The number of esters is 1. The number of nitrogens with zero attached hydrogens (tertiary/aromatic N) is 4. The number of fused-ring (bicyclic) bond motifs is 2. The Hall–Kier alpha value is -3.91. The molecule has 9 heteroatoms. The van der Waals surface area contributed by atoms with Gasteiger partial charge in [-0.1, -0.05) is 29.8 Å². The Kier molecular flexibility index (Phi) is 4.99. The van der Waals surface area contributed by atoms with E-state index >= 15 is 0 Å². The molecule has 0 aliphatic heterocycles. The van der Waals surface area contributed by atoms with E-state index in [-0.39, 0.29) is 18.2 Å². The van der Waals surface area contributed by atoms with E-state index in [0.29, 0.717) is 27.8 Å². The van der Waals surface area contributed by atoms with Crippen molar-refractivity contribution in [2.24, 2.45) is 0 Å². The van der Waals surface area contributed by atoms with Crippen molar-refractivity contribution in [3.05, 3.63) is 70.9 Å². The number of aryl methyl sites for hydroxylation is 1. The van der Waals surface area contributed by atoms with Crippen molar-refractivity contribution >= 4 is 51.4 Å². The highest BCUT2D eigenvalue weighted by molar-refractivity contribution is 6.31. The summed E-state index contributed by atoms with van der Waals surface area (Å²) in [7, 11) is 0. The average molecular weight is 448 g/mol. The summed E-state index contributed by atoms with van der Waals surface area (Å²) in [6.07, 6.45) is 1.44. The molecule has 1 N–H and O–H groups in total. The number of oxazole rings is 1. The van der Waals surface area contributed by atoms with Crippen LogP contribution in [0.1, 0.15) is 22.8 Å². The van der Waals surface area contributed by atoms with E-state index in [2.05, 4.69) is 15.4 Å². The quantitative estimate of drug-likeness (QED) is 0.358. The number of carbonyl (C=O) groups is 1. The number of hydrogen-bond acceptors (Lipinski definition) is 7. The Morgan fingerprint density at radius 1 is 1.16 bits per heavy atom. The fraction of sp³-hybridized carbons (Fsp3) is 0.130. The summed E-state index contributed by atoms with van der Waals surface area (Å²) >= 11 is 6.05. The first kappa shape index (κ1) is 20.0. The normalized spacial score (nSPS) is 11.2. The van der Waals surface area contributed by atoms with Gasteiger partial charge in [-0.2, -0.15) is 14.8 Å². The van der Waals surface area contributed by atoms with Gasteiger partial charge in [-0.05, 0) is 49.7 Å². The summed E-state index contributed by atoms with van der Waals surface area (Å²) in [4.78, 5) is 21.7. The molecule has 0 aliphatic carbocycles. The topological polar surface area (TPSA) is 95.1 Å². The summed E-state index contributed by atoms with van der Waals surface area (Å²) < 4.78 is 12.5. The Morgan fingerprint density at radius 2 is 2.00 bits per heavy atom. The number of pyridine rings is 1. The molecule has 5 rings (SSSR count). The standard InChI is InChI=1S/C23H18ClN5O3/c1-3-31-22(30)16-12-25-29(20-10-13(2)15-6-4-5-7-17(15)26-20)21(16)28-23-27-18-11-14(24)8-9-19(18)32-23/h4-12H,3H2,1-2H3,(H,27,28). The molecule has 0 fully saturated rings. The van der Waals surface area contributed by atoms with Gasteiger partial charge in [0, 0.05) is 10.4 Å². The lowest BCUT2D eigenvalue weighted by Crippen LogP contribution is -2.10. The zero-order valence-corrected chi connectivity index (χ0v) is 18.1. The van der Waals surface area contributed by atoms with Crippen LogP contribution in [0.4, 0.5) is 11.8 Å². The van der Waals surface area contributed by atoms with Gasteiger partial charge in [-0.15, -0.1) is 0 Å². The number of hydrogen-bond donors (Lipinski definition) is 1. The average Bonchev–Trinajstić information content (AvgIpc) is 3.37. The molecule has 5 aromatic rings. The lowest BCUT2D eigenvalue weighted by molar-refractivity contribution is 0.0527. The first-order valence-corrected chi connectivity index (χ1v) is 10.4. The summed E-state index contributed by atoms with van der Waals surface area (Å²) in [5.74, 6) is 0.361. The number of aromatic nitrogens is 4. The zero-order chi connectivity index (χ0) is 22.2. The molecule has 0 saturated heterocycles. The highest BCUT2D eigenvalue weighted by atomic mass is 35.5. The molecule has 0 aliphatic rings. The second-order valence-electron chi connectivity index (χ2n) is 7.11. The predicted molar refractivity (Wildman–Crippen MR) is 122 cm³/mol. The number of rotatable bonds is 5. The van der Waals surface area contributed by atoms with Crippen LogP contribution in [0.15, 0.2) is 59.1 Å². The van der Waals surface area contributed by atoms with Crippen molar-refractivity contribution in [1.29, 1.82) is 0 Å². The van der Waals surface area contributed by atoms with Gasteiger partial charge >= 0.3 is 12.0 Å². The minimum Gasteiger partial charge on any atom is -0.462 e. The SMILES string of the molecule is CCOC(=O)c1cnn(-c2cc(C)c3ccccc3n2)c1Nc1nc2cc(Cl)ccc2o1. The maximum atomic E-state index is 12.6. The van der Waals surface area contributed by atoms with E-state index in [1.165, 1.54) is 10.9 Å².